The lowest BCUT2D eigenvalue weighted by Crippen LogP contribution is -2.45. The molecule has 158 valence electrons. The van der Waals surface area contributed by atoms with Crippen molar-refractivity contribution in [2.75, 3.05) is 20.2 Å². The number of carbonyl (C=O) groups is 1. The number of ether oxygens (including phenoxy) is 1. The molecule has 1 aliphatic heterocycles. The second kappa shape index (κ2) is 7.97. The van der Waals surface area contributed by atoms with Crippen molar-refractivity contribution < 1.29 is 14.6 Å². The van der Waals surface area contributed by atoms with Crippen LogP contribution in [0.3, 0.4) is 0 Å². The van der Waals surface area contributed by atoms with Gasteiger partial charge in [-0.25, -0.2) is 0 Å². The first-order valence-electron chi connectivity index (χ1n) is 10.3. The molecule has 0 saturated carbocycles. The molecule has 1 amide bonds. The molecule has 1 aliphatic rings. The van der Waals surface area contributed by atoms with Crippen molar-refractivity contribution in [2.24, 2.45) is 0 Å². The first-order valence-corrected chi connectivity index (χ1v) is 10.7. The molecule has 0 radical (unpaired) electrons. The number of amides is 1. The van der Waals surface area contributed by atoms with Crippen LogP contribution in [0, 0.1) is 0 Å². The van der Waals surface area contributed by atoms with E-state index in [9.17, 15) is 9.90 Å². The summed E-state index contributed by atoms with van der Waals surface area (Å²) in [6.45, 7) is 5.20. The number of hydrogen-bond donors (Lipinski definition) is 1. The van der Waals surface area contributed by atoms with Crippen molar-refractivity contribution in [3.05, 3.63) is 64.8 Å². The van der Waals surface area contributed by atoms with Crippen molar-refractivity contribution in [1.82, 2.24) is 9.47 Å². The lowest BCUT2D eigenvalue weighted by Gasteiger charge is -2.38. The largest absolute Gasteiger partial charge is 0.497 e. The molecule has 0 unspecified atom stereocenters. The molecule has 4 rings (SSSR count). The minimum Gasteiger partial charge on any atom is -0.497 e. The van der Waals surface area contributed by atoms with Gasteiger partial charge in [0, 0.05) is 41.3 Å². The van der Waals surface area contributed by atoms with E-state index in [-0.39, 0.29) is 11.9 Å². The summed E-state index contributed by atoms with van der Waals surface area (Å²) in [7, 11) is 1.63. The van der Waals surface area contributed by atoms with Gasteiger partial charge in [-0.3, -0.25) is 4.79 Å². The number of methoxy groups -OCH3 is 1. The Morgan fingerprint density at radius 2 is 1.80 bits per heavy atom. The smallest absolute Gasteiger partial charge is 0.256 e. The highest BCUT2D eigenvalue weighted by molar-refractivity contribution is 6.30. The number of halogens is 1. The third-order valence-corrected chi connectivity index (χ3v) is 6.34. The lowest BCUT2D eigenvalue weighted by molar-refractivity contribution is -0.0211. The van der Waals surface area contributed by atoms with E-state index in [1.807, 2.05) is 41.4 Å². The van der Waals surface area contributed by atoms with E-state index in [0.29, 0.717) is 36.5 Å². The summed E-state index contributed by atoms with van der Waals surface area (Å²) in [5.41, 5.74) is 1.61. The zero-order chi connectivity index (χ0) is 21.5. The number of aromatic nitrogens is 1. The maximum Gasteiger partial charge on any atom is 0.256 e. The molecule has 30 heavy (non-hydrogen) atoms. The van der Waals surface area contributed by atoms with Crippen LogP contribution in [0.4, 0.5) is 0 Å². The normalized spacial score (nSPS) is 16.3. The number of benzene rings is 2. The van der Waals surface area contributed by atoms with E-state index in [0.717, 1.165) is 22.2 Å². The zero-order valence-corrected chi connectivity index (χ0v) is 18.3. The van der Waals surface area contributed by atoms with Gasteiger partial charge < -0.3 is 19.3 Å². The van der Waals surface area contributed by atoms with E-state index in [4.69, 9.17) is 16.3 Å². The van der Waals surface area contributed by atoms with Crippen molar-refractivity contribution in [3.63, 3.8) is 0 Å². The summed E-state index contributed by atoms with van der Waals surface area (Å²) in [5.74, 6) is 0.722. The molecule has 5 nitrogen and oxygen atoms in total. The van der Waals surface area contributed by atoms with E-state index in [2.05, 4.69) is 18.4 Å². The van der Waals surface area contributed by atoms with Gasteiger partial charge in [0.05, 0.1) is 18.3 Å². The van der Waals surface area contributed by atoms with Gasteiger partial charge in [-0.05, 0) is 62.6 Å². The number of rotatable bonds is 4. The van der Waals surface area contributed by atoms with Gasteiger partial charge in [-0.1, -0.05) is 23.7 Å². The molecule has 1 aromatic heterocycles. The molecular weight excluding hydrogens is 400 g/mol. The summed E-state index contributed by atoms with van der Waals surface area (Å²) in [6, 6.07) is 13.4. The Hall–Kier alpha value is -2.50. The zero-order valence-electron chi connectivity index (χ0n) is 17.6. The molecule has 2 heterocycles. The van der Waals surface area contributed by atoms with Crippen LogP contribution in [0.2, 0.25) is 5.02 Å². The highest BCUT2D eigenvalue weighted by atomic mass is 35.5. The Labute approximate surface area is 181 Å². The third kappa shape index (κ3) is 3.68. The number of hydrogen-bond acceptors (Lipinski definition) is 3. The molecule has 1 N–H and O–H groups in total. The first-order chi connectivity index (χ1) is 14.3. The maximum absolute atomic E-state index is 13.4. The molecular formula is C24H27ClN2O3. The van der Waals surface area contributed by atoms with Crippen LogP contribution in [-0.4, -0.2) is 40.7 Å². The number of nitrogens with zero attached hydrogens (tertiary/aromatic N) is 2. The highest BCUT2D eigenvalue weighted by Crippen LogP contribution is 2.35. The minimum atomic E-state index is -0.934. The average molecular weight is 427 g/mol. The summed E-state index contributed by atoms with van der Waals surface area (Å²) < 4.78 is 7.50. The van der Waals surface area contributed by atoms with Gasteiger partial charge in [-0.15, -0.1) is 0 Å². The molecule has 1 saturated heterocycles. The summed E-state index contributed by atoms with van der Waals surface area (Å²) in [6.07, 6.45) is 2.93. The molecule has 0 aliphatic carbocycles. The monoisotopic (exact) mass is 426 g/mol. The quantitative estimate of drug-likeness (QED) is 0.638. The van der Waals surface area contributed by atoms with E-state index < -0.39 is 5.60 Å². The standard InChI is InChI=1S/C24H27ClN2O3/c1-16(2)27-15-21(20-14-19(30-3)8-9-22(20)27)23(28)26-12-10-24(29,11-13-26)17-4-6-18(25)7-5-17/h4-9,14-16,29H,10-13H2,1-3H3. The third-order valence-electron chi connectivity index (χ3n) is 6.09. The Bertz CT molecular complexity index is 1060. The van der Waals surface area contributed by atoms with Gasteiger partial charge in [0.15, 0.2) is 0 Å². The van der Waals surface area contributed by atoms with Crippen LogP contribution >= 0.6 is 11.6 Å². The number of carbonyl (C=O) groups excluding carboxylic acids is 1. The van der Waals surface area contributed by atoms with Crippen molar-refractivity contribution in [3.8, 4) is 5.75 Å². The van der Waals surface area contributed by atoms with Gasteiger partial charge >= 0.3 is 0 Å². The topological polar surface area (TPSA) is 54.7 Å². The Morgan fingerprint density at radius 1 is 1.13 bits per heavy atom. The van der Waals surface area contributed by atoms with Gasteiger partial charge in [-0.2, -0.15) is 0 Å². The van der Waals surface area contributed by atoms with Crippen LogP contribution in [0.25, 0.3) is 10.9 Å². The van der Waals surface area contributed by atoms with Gasteiger partial charge in [0.25, 0.3) is 5.91 Å². The average Bonchev–Trinajstić information content (AvgIpc) is 3.13. The van der Waals surface area contributed by atoms with Crippen molar-refractivity contribution in [2.45, 2.75) is 38.3 Å². The Morgan fingerprint density at radius 3 is 2.40 bits per heavy atom. The van der Waals surface area contributed by atoms with Crippen LogP contribution in [0.1, 0.15) is 48.7 Å². The highest BCUT2D eigenvalue weighted by Gasteiger charge is 2.36. The molecule has 0 spiro atoms. The minimum absolute atomic E-state index is 0.00851. The summed E-state index contributed by atoms with van der Waals surface area (Å²) in [5, 5.41) is 12.7. The SMILES string of the molecule is COc1ccc2c(c1)c(C(=O)N1CCC(O)(c3ccc(Cl)cc3)CC1)cn2C(C)C. The molecule has 3 aromatic rings. The van der Waals surface area contributed by atoms with Gasteiger partial charge in [0.1, 0.15) is 5.75 Å². The predicted molar refractivity (Wildman–Crippen MR) is 119 cm³/mol. The Kier molecular flexibility index (Phi) is 5.51. The van der Waals surface area contributed by atoms with Gasteiger partial charge in [0.2, 0.25) is 0 Å². The Balaban J connectivity index is 1.60. The fourth-order valence-electron chi connectivity index (χ4n) is 4.26. The molecule has 1 fully saturated rings. The summed E-state index contributed by atoms with van der Waals surface area (Å²) in [4.78, 5) is 15.3. The maximum atomic E-state index is 13.4. The fourth-order valence-corrected chi connectivity index (χ4v) is 4.38. The van der Waals surface area contributed by atoms with E-state index in [1.54, 1.807) is 19.2 Å². The van der Waals surface area contributed by atoms with E-state index in [1.165, 1.54) is 0 Å². The number of likely N-dealkylation sites (tertiary alicyclic amines) is 1. The molecule has 2 aromatic carbocycles. The summed E-state index contributed by atoms with van der Waals surface area (Å²) >= 11 is 5.98. The molecule has 6 heteroatoms. The predicted octanol–water partition coefficient (Wildman–Crippen LogP) is 5.01. The number of piperidine rings is 1. The van der Waals surface area contributed by atoms with E-state index >= 15 is 0 Å². The van der Waals surface area contributed by atoms with Crippen molar-refractivity contribution >= 4 is 28.4 Å². The molecule has 0 bridgehead atoms. The van der Waals surface area contributed by atoms with Crippen LogP contribution < -0.4 is 4.74 Å². The van der Waals surface area contributed by atoms with Crippen LogP contribution in [0.15, 0.2) is 48.7 Å². The van der Waals surface area contributed by atoms with Crippen LogP contribution in [-0.2, 0) is 5.60 Å². The second-order valence-electron chi connectivity index (χ2n) is 8.26. The number of aliphatic hydroxyl groups is 1. The second-order valence-corrected chi connectivity index (χ2v) is 8.69. The van der Waals surface area contributed by atoms with Crippen LogP contribution in [0.5, 0.6) is 5.75 Å². The fraction of sp³-hybridized carbons (Fsp3) is 0.375. The first kappa shape index (κ1) is 20.8. The van der Waals surface area contributed by atoms with Crippen molar-refractivity contribution in [1.29, 1.82) is 0 Å². The number of fused-ring (bicyclic) bond motifs is 1. The molecule has 0 atom stereocenters. The lowest BCUT2D eigenvalue weighted by atomic mass is 9.84.